The van der Waals surface area contributed by atoms with E-state index in [2.05, 4.69) is 17.0 Å². The standard InChI is InChI=1S/C25H29N3O3/c1-18(2)16-22(28-23(29)20-10-6-7-11-21(20)24(28)30)25(31)27-14-12-26(13-15-27)17-19-8-4-3-5-9-19/h3-11,18,22H,12-17H2,1-2H3. The molecule has 0 bridgehead atoms. The van der Waals surface area contributed by atoms with E-state index in [1.165, 1.54) is 10.5 Å². The lowest BCUT2D eigenvalue weighted by Gasteiger charge is -2.38. The van der Waals surface area contributed by atoms with Gasteiger partial charge in [0, 0.05) is 32.7 Å². The van der Waals surface area contributed by atoms with Crippen molar-refractivity contribution in [2.75, 3.05) is 26.2 Å². The third kappa shape index (κ3) is 4.39. The molecule has 0 N–H and O–H groups in total. The molecule has 162 valence electrons. The van der Waals surface area contributed by atoms with Crippen LogP contribution >= 0.6 is 0 Å². The zero-order valence-electron chi connectivity index (χ0n) is 18.2. The number of rotatable bonds is 6. The first-order valence-electron chi connectivity index (χ1n) is 11.0. The van der Waals surface area contributed by atoms with Crippen LogP contribution in [0.2, 0.25) is 0 Å². The number of piperazine rings is 1. The highest BCUT2D eigenvalue weighted by Gasteiger charge is 2.44. The van der Waals surface area contributed by atoms with Crippen LogP contribution in [-0.2, 0) is 11.3 Å². The predicted molar refractivity (Wildman–Crippen MR) is 118 cm³/mol. The molecule has 6 nitrogen and oxygen atoms in total. The molecule has 0 saturated carbocycles. The molecule has 6 heteroatoms. The second-order valence-electron chi connectivity index (χ2n) is 8.76. The van der Waals surface area contributed by atoms with Crippen LogP contribution in [0.3, 0.4) is 0 Å². The molecule has 0 spiro atoms. The van der Waals surface area contributed by atoms with Crippen LogP contribution in [0.25, 0.3) is 0 Å². The Morgan fingerprint density at radius 2 is 1.39 bits per heavy atom. The van der Waals surface area contributed by atoms with Crippen LogP contribution in [0.1, 0.15) is 46.5 Å². The normalized spacial score (nSPS) is 17.9. The molecule has 0 aromatic heterocycles. The summed E-state index contributed by atoms with van der Waals surface area (Å²) in [6.45, 7) is 7.63. The highest BCUT2D eigenvalue weighted by atomic mass is 16.2. The maximum atomic E-state index is 13.5. The molecule has 1 atom stereocenters. The maximum absolute atomic E-state index is 13.5. The molecule has 0 radical (unpaired) electrons. The van der Waals surface area contributed by atoms with E-state index >= 15 is 0 Å². The molecule has 2 aliphatic heterocycles. The molecule has 0 aliphatic carbocycles. The lowest BCUT2D eigenvalue weighted by atomic mass is 10.0. The first-order chi connectivity index (χ1) is 15.0. The van der Waals surface area contributed by atoms with E-state index in [1.54, 1.807) is 24.3 Å². The number of amides is 3. The van der Waals surface area contributed by atoms with Crippen molar-refractivity contribution in [2.45, 2.75) is 32.9 Å². The fourth-order valence-corrected chi connectivity index (χ4v) is 4.43. The zero-order valence-corrected chi connectivity index (χ0v) is 18.2. The zero-order chi connectivity index (χ0) is 22.0. The van der Waals surface area contributed by atoms with Gasteiger partial charge in [-0.15, -0.1) is 0 Å². The molecule has 1 fully saturated rings. The van der Waals surface area contributed by atoms with E-state index in [9.17, 15) is 14.4 Å². The van der Waals surface area contributed by atoms with Crippen molar-refractivity contribution in [2.24, 2.45) is 5.92 Å². The molecule has 4 rings (SSSR count). The molecule has 2 aromatic carbocycles. The van der Waals surface area contributed by atoms with Gasteiger partial charge in [-0.3, -0.25) is 24.2 Å². The minimum Gasteiger partial charge on any atom is -0.338 e. The Bertz CT molecular complexity index is 930. The Balaban J connectivity index is 1.46. The molecule has 2 aliphatic rings. The van der Waals surface area contributed by atoms with Gasteiger partial charge in [0.05, 0.1) is 11.1 Å². The van der Waals surface area contributed by atoms with Crippen molar-refractivity contribution in [3.05, 3.63) is 71.3 Å². The Morgan fingerprint density at radius 1 is 0.839 bits per heavy atom. The summed E-state index contributed by atoms with van der Waals surface area (Å²) in [5.41, 5.74) is 2.04. The monoisotopic (exact) mass is 419 g/mol. The number of imide groups is 1. The third-order valence-electron chi connectivity index (χ3n) is 6.05. The van der Waals surface area contributed by atoms with Gasteiger partial charge >= 0.3 is 0 Å². The summed E-state index contributed by atoms with van der Waals surface area (Å²) in [7, 11) is 0. The van der Waals surface area contributed by atoms with Crippen LogP contribution in [0.15, 0.2) is 54.6 Å². The highest BCUT2D eigenvalue weighted by Crippen LogP contribution is 2.28. The molecular formula is C25H29N3O3. The first kappa shape index (κ1) is 21.2. The van der Waals surface area contributed by atoms with Gasteiger partial charge in [-0.25, -0.2) is 0 Å². The summed E-state index contributed by atoms with van der Waals surface area (Å²) in [5, 5.41) is 0. The molecule has 2 aromatic rings. The second kappa shape index (κ2) is 9.02. The minimum absolute atomic E-state index is 0.123. The van der Waals surface area contributed by atoms with Gasteiger partial charge in [0.1, 0.15) is 6.04 Å². The van der Waals surface area contributed by atoms with Crippen molar-refractivity contribution in [3.8, 4) is 0 Å². The van der Waals surface area contributed by atoms with E-state index in [-0.39, 0.29) is 23.6 Å². The van der Waals surface area contributed by atoms with Gasteiger partial charge in [0.25, 0.3) is 11.8 Å². The second-order valence-corrected chi connectivity index (χ2v) is 8.76. The molecule has 31 heavy (non-hydrogen) atoms. The smallest absolute Gasteiger partial charge is 0.262 e. The van der Waals surface area contributed by atoms with Crippen LogP contribution < -0.4 is 0 Å². The van der Waals surface area contributed by atoms with Crippen LogP contribution in [0.5, 0.6) is 0 Å². The number of hydrogen-bond donors (Lipinski definition) is 0. The van der Waals surface area contributed by atoms with Crippen molar-refractivity contribution in [1.29, 1.82) is 0 Å². The fraction of sp³-hybridized carbons (Fsp3) is 0.400. The Hall–Kier alpha value is -2.99. The van der Waals surface area contributed by atoms with E-state index in [0.717, 1.165) is 19.6 Å². The molecule has 1 unspecified atom stereocenters. The molecule has 2 heterocycles. The number of carbonyl (C=O) groups excluding carboxylic acids is 3. The maximum Gasteiger partial charge on any atom is 0.262 e. The molecular weight excluding hydrogens is 390 g/mol. The molecule has 1 saturated heterocycles. The lowest BCUT2D eigenvalue weighted by Crippen LogP contribution is -2.56. The average molecular weight is 420 g/mol. The van der Waals surface area contributed by atoms with Gasteiger partial charge in [0.15, 0.2) is 0 Å². The van der Waals surface area contributed by atoms with Gasteiger partial charge in [-0.2, -0.15) is 0 Å². The quantitative estimate of drug-likeness (QED) is 0.676. The van der Waals surface area contributed by atoms with Gasteiger partial charge in [-0.05, 0) is 30.0 Å². The average Bonchev–Trinajstić information content (AvgIpc) is 3.03. The summed E-state index contributed by atoms with van der Waals surface area (Å²) in [4.78, 5) is 44.8. The largest absolute Gasteiger partial charge is 0.338 e. The Labute approximate surface area is 183 Å². The SMILES string of the molecule is CC(C)CC(C(=O)N1CCN(Cc2ccccc2)CC1)N1C(=O)c2ccccc2C1=O. The first-order valence-corrected chi connectivity index (χ1v) is 11.0. The van der Waals surface area contributed by atoms with E-state index in [1.807, 2.05) is 36.9 Å². The van der Waals surface area contributed by atoms with Crippen molar-refractivity contribution >= 4 is 17.7 Å². The number of nitrogens with zero attached hydrogens (tertiary/aromatic N) is 3. The van der Waals surface area contributed by atoms with Crippen molar-refractivity contribution < 1.29 is 14.4 Å². The van der Waals surface area contributed by atoms with E-state index < -0.39 is 6.04 Å². The number of fused-ring (bicyclic) bond motifs is 1. The van der Waals surface area contributed by atoms with E-state index in [4.69, 9.17) is 0 Å². The summed E-state index contributed by atoms with van der Waals surface area (Å²) in [6, 6.07) is 16.4. The number of benzene rings is 2. The predicted octanol–water partition coefficient (Wildman–Crippen LogP) is 3.04. The van der Waals surface area contributed by atoms with Crippen LogP contribution in [0.4, 0.5) is 0 Å². The fourth-order valence-electron chi connectivity index (χ4n) is 4.43. The minimum atomic E-state index is -0.756. The third-order valence-corrected chi connectivity index (χ3v) is 6.05. The lowest BCUT2D eigenvalue weighted by molar-refractivity contribution is -0.137. The van der Waals surface area contributed by atoms with E-state index in [0.29, 0.717) is 30.6 Å². The van der Waals surface area contributed by atoms with Crippen molar-refractivity contribution in [1.82, 2.24) is 14.7 Å². The summed E-state index contributed by atoms with van der Waals surface area (Å²) < 4.78 is 0. The van der Waals surface area contributed by atoms with Gasteiger partial charge in [0.2, 0.25) is 5.91 Å². The Morgan fingerprint density at radius 3 is 1.94 bits per heavy atom. The van der Waals surface area contributed by atoms with Crippen LogP contribution in [-0.4, -0.2) is 64.6 Å². The number of carbonyl (C=O) groups is 3. The highest BCUT2D eigenvalue weighted by molar-refractivity contribution is 6.22. The summed E-state index contributed by atoms with van der Waals surface area (Å²) in [5.74, 6) is -0.662. The topological polar surface area (TPSA) is 60.9 Å². The van der Waals surface area contributed by atoms with Gasteiger partial charge in [-0.1, -0.05) is 56.3 Å². The van der Waals surface area contributed by atoms with Gasteiger partial charge < -0.3 is 4.90 Å². The number of hydrogen-bond acceptors (Lipinski definition) is 4. The van der Waals surface area contributed by atoms with Crippen LogP contribution in [0, 0.1) is 5.92 Å². The van der Waals surface area contributed by atoms with Crippen molar-refractivity contribution in [3.63, 3.8) is 0 Å². The Kier molecular flexibility index (Phi) is 6.18. The summed E-state index contributed by atoms with van der Waals surface area (Å²) >= 11 is 0. The molecule has 3 amide bonds. The summed E-state index contributed by atoms with van der Waals surface area (Å²) in [6.07, 6.45) is 0.467.